The lowest BCUT2D eigenvalue weighted by Gasteiger charge is -2.17. The van der Waals surface area contributed by atoms with Crippen molar-refractivity contribution in [3.05, 3.63) is 29.8 Å². The van der Waals surface area contributed by atoms with Gasteiger partial charge in [-0.05, 0) is 43.0 Å². The molecule has 2 unspecified atom stereocenters. The number of hydrogen-bond donors (Lipinski definition) is 2. The van der Waals surface area contributed by atoms with Crippen LogP contribution in [0.15, 0.2) is 24.3 Å². The molecule has 0 aliphatic carbocycles. The van der Waals surface area contributed by atoms with E-state index in [9.17, 15) is 5.11 Å². The maximum absolute atomic E-state index is 9.90. The first-order chi connectivity index (χ1) is 10.2. The predicted molar refractivity (Wildman–Crippen MR) is 87.7 cm³/mol. The van der Waals surface area contributed by atoms with Gasteiger partial charge in [0.1, 0.15) is 18.5 Å². The van der Waals surface area contributed by atoms with E-state index in [1.54, 1.807) is 24.3 Å². The third kappa shape index (κ3) is 7.96. The summed E-state index contributed by atoms with van der Waals surface area (Å²) in [5, 5.41) is 22.0. The second kappa shape index (κ2) is 10.5. The van der Waals surface area contributed by atoms with Crippen LogP contribution in [0, 0.1) is 11.3 Å². The highest BCUT2D eigenvalue weighted by atomic mass is 32.2. The van der Waals surface area contributed by atoms with Crippen molar-refractivity contribution in [1.29, 1.82) is 5.26 Å². The van der Waals surface area contributed by atoms with Gasteiger partial charge in [0.05, 0.1) is 11.6 Å². The monoisotopic (exact) mass is 308 g/mol. The number of aliphatic hydroxyl groups is 1. The van der Waals surface area contributed by atoms with Gasteiger partial charge in [0.15, 0.2) is 0 Å². The van der Waals surface area contributed by atoms with E-state index in [0.717, 1.165) is 17.9 Å². The number of hydrogen-bond acceptors (Lipinski definition) is 5. The number of ether oxygens (including phenoxy) is 1. The number of benzene rings is 1. The van der Waals surface area contributed by atoms with Crippen molar-refractivity contribution in [2.45, 2.75) is 32.4 Å². The summed E-state index contributed by atoms with van der Waals surface area (Å²) < 4.78 is 5.50. The smallest absolute Gasteiger partial charge is 0.120 e. The quantitative estimate of drug-likeness (QED) is 0.650. The van der Waals surface area contributed by atoms with E-state index < -0.39 is 6.10 Å². The molecule has 1 aromatic carbocycles. The number of rotatable bonds is 10. The van der Waals surface area contributed by atoms with Crippen molar-refractivity contribution >= 4 is 11.8 Å². The van der Waals surface area contributed by atoms with Gasteiger partial charge in [0.25, 0.3) is 0 Å². The Balaban J connectivity index is 2.21. The summed E-state index contributed by atoms with van der Waals surface area (Å²) in [4.78, 5) is 0. The summed E-state index contributed by atoms with van der Waals surface area (Å²) in [6.45, 7) is 5.01. The highest BCUT2D eigenvalue weighted by molar-refractivity contribution is 7.99. The van der Waals surface area contributed by atoms with Crippen molar-refractivity contribution in [3.8, 4) is 11.8 Å². The molecule has 1 aromatic rings. The first-order valence-corrected chi connectivity index (χ1v) is 8.43. The van der Waals surface area contributed by atoms with E-state index in [1.807, 2.05) is 11.8 Å². The Morgan fingerprint density at radius 2 is 2.29 bits per heavy atom. The lowest BCUT2D eigenvalue weighted by atomic mass is 10.2. The SMILES string of the molecule is CCSCCC(C)NCC(O)COc1cccc(C#N)c1. The zero-order valence-corrected chi connectivity index (χ0v) is 13.5. The molecule has 2 N–H and O–H groups in total. The van der Waals surface area contributed by atoms with Gasteiger partial charge in [-0.25, -0.2) is 0 Å². The minimum atomic E-state index is -0.558. The lowest BCUT2D eigenvalue weighted by molar-refractivity contribution is 0.104. The van der Waals surface area contributed by atoms with Gasteiger partial charge in [-0.15, -0.1) is 0 Å². The number of thioether (sulfide) groups is 1. The van der Waals surface area contributed by atoms with Crippen molar-refractivity contribution in [3.63, 3.8) is 0 Å². The largest absolute Gasteiger partial charge is 0.491 e. The number of aliphatic hydroxyl groups excluding tert-OH is 1. The van der Waals surface area contributed by atoms with Gasteiger partial charge in [-0.1, -0.05) is 13.0 Å². The average Bonchev–Trinajstić information content (AvgIpc) is 2.51. The zero-order chi connectivity index (χ0) is 15.5. The van der Waals surface area contributed by atoms with Gasteiger partial charge in [-0.2, -0.15) is 17.0 Å². The van der Waals surface area contributed by atoms with Crippen LogP contribution in [0.4, 0.5) is 0 Å². The second-order valence-electron chi connectivity index (χ2n) is 4.90. The van der Waals surface area contributed by atoms with Crippen LogP contribution in [0.1, 0.15) is 25.8 Å². The number of nitrogens with zero attached hydrogens (tertiary/aromatic N) is 1. The molecule has 0 spiro atoms. The summed E-state index contributed by atoms with van der Waals surface area (Å²) in [5.74, 6) is 2.89. The van der Waals surface area contributed by atoms with E-state index in [2.05, 4.69) is 25.2 Å². The average molecular weight is 308 g/mol. The van der Waals surface area contributed by atoms with E-state index in [-0.39, 0.29) is 6.61 Å². The molecule has 0 aromatic heterocycles. The van der Waals surface area contributed by atoms with Gasteiger partial charge in [0.2, 0.25) is 0 Å². The van der Waals surface area contributed by atoms with Gasteiger partial charge in [0, 0.05) is 12.6 Å². The summed E-state index contributed by atoms with van der Waals surface area (Å²) in [6, 6.07) is 9.40. The third-order valence-electron chi connectivity index (χ3n) is 3.01. The van der Waals surface area contributed by atoms with Gasteiger partial charge < -0.3 is 15.2 Å². The maximum Gasteiger partial charge on any atom is 0.120 e. The van der Waals surface area contributed by atoms with Crippen LogP contribution < -0.4 is 10.1 Å². The Morgan fingerprint density at radius 3 is 3.00 bits per heavy atom. The fourth-order valence-corrected chi connectivity index (χ4v) is 2.56. The lowest BCUT2D eigenvalue weighted by Crippen LogP contribution is -2.36. The minimum absolute atomic E-state index is 0.221. The molecule has 2 atom stereocenters. The Morgan fingerprint density at radius 1 is 1.48 bits per heavy atom. The molecule has 0 aliphatic heterocycles. The molecule has 0 aliphatic rings. The van der Waals surface area contributed by atoms with Crippen LogP contribution in [-0.2, 0) is 0 Å². The normalized spacial score (nSPS) is 13.4. The molecule has 1 rings (SSSR count). The van der Waals surface area contributed by atoms with E-state index in [0.29, 0.717) is 23.9 Å². The molecule has 21 heavy (non-hydrogen) atoms. The van der Waals surface area contributed by atoms with Gasteiger partial charge >= 0.3 is 0 Å². The van der Waals surface area contributed by atoms with Crippen molar-refractivity contribution in [1.82, 2.24) is 5.32 Å². The molecule has 0 amide bonds. The van der Waals surface area contributed by atoms with Crippen LogP contribution in [0.5, 0.6) is 5.75 Å². The van der Waals surface area contributed by atoms with Crippen molar-refractivity contribution in [2.75, 3.05) is 24.7 Å². The van der Waals surface area contributed by atoms with Crippen LogP contribution in [0.25, 0.3) is 0 Å². The summed E-state index contributed by atoms with van der Waals surface area (Å²) in [5.41, 5.74) is 0.558. The highest BCUT2D eigenvalue weighted by Crippen LogP contribution is 2.12. The number of nitrogens with one attached hydrogen (secondary N) is 1. The Labute approximate surface area is 131 Å². The molecule has 0 saturated carbocycles. The fourth-order valence-electron chi connectivity index (χ4n) is 1.75. The first-order valence-electron chi connectivity index (χ1n) is 7.27. The molecular formula is C16H24N2O2S. The van der Waals surface area contributed by atoms with Crippen LogP contribution in [-0.4, -0.2) is 41.9 Å². The molecule has 116 valence electrons. The second-order valence-corrected chi connectivity index (χ2v) is 6.29. The maximum atomic E-state index is 9.90. The topological polar surface area (TPSA) is 65.3 Å². The van der Waals surface area contributed by atoms with E-state index in [1.165, 1.54) is 0 Å². The Hall–Kier alpha value is -1.22. The van der Waals surface area contributed by atoms with Crippen LogP contribution in [0.3, 0.4) is 0 Å². The molecule has 4 nitrogen and oxygen atoms in total. The summed E-state index contributed by atoms with van der Waals surface area (Å²) in [7, 11) is 0. The standard InChI is InChI=1S/C16H24N2O2S/c1-3-21-8-7-13(2)18-11-15(19)12-20-16-6-4-5-14(9-16)10-17/h4-6,9,13,15,18-19H,3,7-8,11-12H2,1-2H3. The Kier molecular flexibility index (Phi) is 8.91. The third-order valence-corrected chi connectivity index (χ3v) is 3.94. The highest BCUT2D eigenvalue weighted by Gasteiger charge is 2.08. The molecule has 0 fully saturated rings. The molecule has 0 heterocycles. The van der Waals surface area contributed by atoms with E-state index in [4.69, 9.17) is 10.00 Å². The van der Waals surface area contributed by atoms with Gasteiger partial charge in [-0.3, -0.25) is 0 Å². The minimum Gasteiger partial charge on any atom is -0.491 e. The zero-order valence-electron chi connectivity index (χ0n) is 12.7. The fraction of sp³-hybridized carbons (Fsp3) is 0.562. The molecule has 0 radical (unpaired) electrons. The van der Waals surface area contributed by atoms with Crippen molar-refractivity contribution < 1.29 is 9.84 Å². The predicted octanol–water partition coefficient (Wildman–Crippen LogP) is 2.42. The molecule has 5 heteroatoms. The van der Waals surface area contributed by atoms with E-state index >= 15 is 0 Å². The molecular weight excluding hydrogens is 284 g/mol. The summed E-state index contributed by atoms with van der Waals surface area (Å²) >= 11 is 1.93. The Bertz CT molecular complexity index is 448. The van der Waals surface area contributed by atoms with Crippen LogP contribution in [0.2, 0.25) is 0 Å². The van der Waals surface area contributed by atoms with Crippen LogP contribution >= 0.6 is 11.8 Å². The summed E-state index contributed by atoms with van der Waals surface area (Å²) in [6.07, 6.45) is 0.535. The molecule has 0 saturated heterocycles. The van der Waals surface area contributed by atoms with Crippen molar-refractivity contribution in [2.24, 2.45) is 0 Å². The number of nitriles is 1. The first kappa shape index (κ1) is 17.8. The molecule has 0 bridgehead atoms.